The third-order valence-electron chi connectivity index (χ3n) is 4.08. The van der Waals surface area contributed by atoms with Crippen molar-refractivity contribution >= 4 is 5.97 Å². The second-order valence-electron chi connectivity index (χ2n) is 6.95. The molecule has 0 saturated heterocycles. The molecule has 6 heteroatoms. The van der Waals surface area contributed by atoms with Crippen molar-refractivity contribution in [3.63, 3.8) is 0 Å². The number of hydrogen-bond donors (Lipinski definition) is 2. The minimum Gasteiger partial charge on any atom is -0.507 e. The summed E-state index contributed by atoms with van der Waals surface area (Å²) in [7, 11) is 0. The van der Waals surface area contributed by atoms with E-state index in [0.717, 1.165) is 12.1 Å². The van der Waals surface area contributed by atoms with Gasteiger partial charge in [0.2, 0.25) is 0 Å². The van der Waals surface area contributed by atoms with E-state index < -0.39 is 23.1 Å². The van der Waals surface area contributed by atoms with Crippen LogP contribution in [0.5, 0.6) is 5.75 Å². The summed E-state index contributed by atoms with van der Waals surface area (Å²) >= 11 is 0. The quantitative estimate of drug-likeness (QED) is 0.763. The van der Waals surface area contributed by atoms with Crippen LogP contribution < -0.4 is 0 Å². The van der Waals surface area contributed by atoms with Crippen molar-refractivity contribution < 1.29 is 28.2 Å². The van der Waals surface area contributed by atoms with E-state index >= 15 is 0 Å². The maximum Gasteiger partial charge on any atom is 0.416 e. The Labute approximate surface area is 143 Å². The Kier molecular flexibility index (Phi) is 4.59. The van der Waals surface area contributed by atoms with E-state index in [-0.39, 0.29) is 22.4 Å². The predicted octanol–water partition coefficient (Wildman–Crippen LogP) is 5.38. The second kappa shape index (κ2) is 6.10. The predicted molar refractivity (Wildman–Crippen MR) is 88.9 cm³/mol. The first-order chi connectivity index (χ1) is 11.3. The van der Waals surface area contributed by atoms with Gasteiger partial charge in [0.05, 0.1) is 5.56 Å². The highest BCUT2D eigenvalue weighted by molar-refractivity contribution is 5.96. The molecule has 0 radical (unpaired) electrons. The summed E-state index contributed by atoms with van der Waals surface area (Å²) in [4.78, 5) is 11.6. The van der Waals surface area contributed by atoms with Gasteiger partial charge in [-0.25, -0.2) is 4.79 Å². The number of aromatic hydroxyl groups is 1. The van der Waals surface area contributed by atoms with E-state index in [2.05, 4.69) is 0 Å². The molecule has 0 spiro atoms. The highest BCUT2D eigenvalue weighted by Gasteiger charge is 2.31. The molecule has 0 atom stereocenters. The van der Waals surface area contributed by atoms with Gasteiger partial charge in [0.1, 0.15) is 11.3 Å². The first-order valence-electron chi connectivity index (χ1n) is 7.62. The lowest BCUT2D eigenvalue weighted by atomic mass is 9.81. The molecule has 2 N–H and O–H groups in total. The molecule has 25 heavy (non-hydrogen) atoms. The minimum atomic E-state index is -4.50. The molecule has 0 amide bonds. The van der Waals surface area contributed by atoms with Gasteiger partial charge in [0.15, 0.2) is 0 Å². The summed E-state index contributed by atoms with van der Waals surface area (Å²) in [5.41, 5.74) is -0.503. The van der Waals surface area contributed by atoms with Crippen LogP contribution in [0.1, 0.15) is 47.8 Å². The SMILES string of the molecule is Cc1c(-c2cccc(C(F)(F)F)c2)cc(C(C)(C)C)c(O)c1C(=O)O. The van der Waals surface area contributed by atoms with Crippen molar-refractivity contribution in [2.24, 2.45) is 0 Å². The van der Waals surface area contributed by atoms with Crippen LogP contribution >= 0.6 is 0 Å². The summed E-state index contributed by atoms with van der Waals surface area (Å²) in [6.45, 7) is 6.85. The fraction of sp³-hybridized carbons (Fsp3) is 0.316. The molecular formula is C19H19F3O3. The zero-order valence-electron chi connectivity index (χ0n) is 14.3. The number of aromatic carboxylic acids is 1. The van der Waals surface area contributed by atoms with E-state index in [4.69, 9.17) is 0 Å². The van der Waals surface area contributed by atoms with Crippen molar-refractivity contribution in [2.45, 2.75) is 39.3 Å². The van der Waals surface area contributed by atoms with Crippen molar-refractivity contribution in [3.05, 3.63) is 52.6 Å². The molecule has 134 valence electrons. The fourth-order valence-electron chi connectivity index (χ4n) is 2.76. The van der Waals surface area contributed by atoms with Gasteiger partial charge in [0, 0.05) is 5.56 Å². The van der Waals surface area contributed by atoms with Crippen LogP contribution in [0, 0.1) is 6.92 Å². The Bertz CT molecular complexity index is 831. The van der Waals surface area contributed by atoms with Crippen LogP contribution in [0.15, 0.2) is 30.3 Å². The van der Waals surface area contributed by atoms with Crippen molar-refractivity contribution in [1.82, 2.24) is 0 Å². The lowest BCUT2D eigenvalue weighted by Gasteiger charge is -2.24. The fourth-order valence-corrected chi connectivity index (χ4v) is 2.76. The molecule has 2 aromatic rings. The van der Waals surface area contributed by atoms with Gasteiger partial charge in [-0.3, -0.25) is 0 Å². The first kappa shape index (κ1) is 18.8. The molecule has 2 aromatic carbocycles. The van der Waals surface area contributed by atoms with Gasteiger partial charge < -0.3 is 10.2 Å². The minimum absolute atomic E-state index is 0.220. The Morgan fingerprint density at radius 3 is 2.16 bits per heavy atom. The van der Waals surface area contributed by atoms with E-state index in [0.29, 0.717) is 11.1 Å². The van der Waals surface area contributed by atoms with Crippen molar-refractivity contribution in [1.29, 1.82) is 0 Å². The normalized spacial score (nSPS) is 12.3. The van der Waals surface area contributed by atoms with Crippen LogP contribution in [0.25, 0.3) is 11.1 Å². The maximum absolute atomic E-state index is 13.0. The average molecular weight is 352 g/mol. The molecule has 0 aliphatic carbocycles. The number of phenols is 1. The van der Waals surface area contributed by atoms with E-state index in [1.54, 1.807) is 26.8 Å². The molecule has 2 rings (SSSR count). The number of alkyl halides is 3. The van der Waals surface area contributed by atoms with Crippen LogP contribution in [0.2, 0.25) is 0 Å². The van der Waals surface area contributed by atoms with Crippen LogP contribution in [0.4, 0.5) is 13.2 Å². The largest absolute Gasteiger partial charge is 0.507 e. The van der Waals surface area contributed by atoms with Crippen LogP contribution in [-0.4, -0.2) is 16.2 Å². The molecule has 0 aliphatic heterocycles. The van der Waals surface area contributed by atoms with E-state index in [1.165, 1.54) is 19.1 Å². The summed E-state index contributed by atoms with van der Waals surface area (Å²) in [5, 5.41) is 19.8. The third-order valence-corrected chi connectivity index (χ3v) is 4.08. The standard InChI is InChI=1S/C19H19F3O3/c1-10-13(11-6-5-7-12(8-11)19(20,21)22)9-14(18(2,3)4)16(23)15(10)17(24)25/h5-9,23H,1-4H3,(H,24,25). The Hall–Kier alpha value is -2.50. The molecule has 0 aliphatic rings. The van der Waals surface area contributed by atoms with Gasteiger partial charge >= 0.3 is 12.1 Å². The summed E-state index contributed by atoms with van der Waals surface area (Å²) in [6, 6.07) is 6.28. The Morgan fingerprint density at radius 1 is 1.08 bits per heavy atom. The molecule has 0 unspecified atom stereocenters. The van der Waals surface area contributed by atoms with Crippen LogP contribution in [-0.2, 0) is 11.6 Å². The highest BCUT2D eigenvalue weighted by atomic mass is 19.4. The van der Waals surface area contributed by atoms with Crippen molar-refractivity contribution in [2.75, 3.05) is 0 Å². The van der Waals surface area contributed by atoms with Gasteiger partial charge in [-0.15, -0.1) is 0 Å². The summed E-state index contributed by atoms with van der Waals surface area (Å²) < 4.78 is 39.0. The number of carbonyl (C=O) groups is 1. The Morgan fingerprint density at radius 2 is 1.68 bits per heavy atom. The molecule has 0 bridgehead atoms. The number of benzene rings is 2. The van der Waals surface area contributed by atoms with Gasteiger partial charge in [-0.1, -0.05) is 32.9 Å². The van der Waals surface area contributed by atoms with Crippen molar-refractivity contribution in [3.8, 4) is 16.9 Å². The van der Waals surface area contributed by atoms with Crippen LogP contribution in [0.3, 0.4) is 0 Å². The zero-order chi connectivity index (χ0) is 19.2. The third kappa shape index (κ3) is 3.62. The number of hydrogen-bond acceptors (Lipinski definition) is 2. The van der Waals surface area contributed by atoms with E-state index in [9.17, 15) is 28.2 Å². The monoisotopic (exact) mass is 352 g/mol. The second-order valence-corrected chi connectivity index (χ2v) is 6.95. The number of rotatable bonds is 2. The lowest BCUT2D eigenvalue weighted by molar-refractivity contribution is -0.137. The average Bonchev–Trinajstić information content (AvgIpc) is 2.45. The Balaban J connectivity index is 2.83. The lowest BCUT2D eigenvalue weighted by Crippen LogP contribution is -2.15. The highest BCUT2D eigenvalue weighted by Crippen LogP contribution is 2.41. The van der Waals surface area contributed by atoms with Gasteiger partial charge in [-0.2, -0.15) is 13.2 Å². The number of carboxylic acid groups (broad SMARTS) is 1. The summed E-state index contributed by atoms with van der Waals surface area (Å²) in [5.74, 6) is -1.68. The maximum atomic E-state index is 13.0. The molecule has 0 saturated carbocycles. The summed E-state index contributed by atoms with van der Waals surface area (Å²) in [6.07, 6.45) is -4.50. The topological polar surface area (TPSA) is 57.5 Å². The van der Waals surface area contributed by atoms with Gasteiger partial charge in [0.25, 0.3) is 0 Å². The molecule has 0 aromatic heterocycles. The van der Waals surface area contributed by atoms with Gasteiger partial charge in [-0.05, 0) is 47.2 Å². The molecule has 3 nitrogen and oxygen atoms in total. The molecule has 0 fully saturated rings. The number of halogens is 3. The first-order valence-corrected chi connectivity index (χ1v) is 7.62. The zero-order valence-corrected chi connectivity index (χ0v) is 14.3. The smallest absolute Gasteiger partial charge is 0.416 e. The molecule has 0 heterocycles. The number of carboxylic acids is 1. The molecular weight excluding hydrogens is 333 g/mol. The van der Waals surface area contributed by atoms with E-state index in [1.807, 2.05) is 0 Å².